The molecule has 1 aliphatic rings. The minimum Gasteiger partial charge on any atom is -0.325 e. The number of ketones is 1. The minimum absolute atomic E-state index is 0.0158. The van der Waals surface area contributed by atoms with Crippen LogP contribution in [0.2, 0.25) is 0 Å². The largest absolute Gasteiger partial charge is 0.325 e. The smallest absolute Gasteiger partial charge is 0.238 e. The van der Waals surface area contributed by atoms with Crippen molar-refractivity contribution < 1.29 is 9.59 Å². The summed E-state index contributed by atoms with van der Waals surface area (Å²) in [5.41, 5.74) is 4.08. The minimum atomic E-state index is -0.0158. The second-order valence-corrected chi connectivity index (χ2v) is 7.16. The maximum atomic E-state index is 12.3. The monoisotopic (exact) mass is 365 g/mol. The van der Waals surface area contributed by atoms with Gasteiger partial charge < -0.3 is 5.32 Å². The number of carbonyl (C=O) groups is 2. The highest BCUT2D eigenvalue weighted by molar-refractivity contribution is 5.96. The van der Waals surface area contributed by atoms with Crippen molar-refractivity contribution in [2.45, 2.75) is 20.4 Å². The molecule has 5 heteroatoms. The van der Waals surface area contributed by atoms with Gasteiger partial charge in [0.25, 0.3) is 0 Å². The molecule has 1 amide bonds. The Hall–Kier alpha value is -2.50. The van der Waals surface area contributed by atoms with E-state index in [1.54, 1.807) is 24.3 Å². The van der Waals surface area contributed by atoms with Gasteiger partial charge in [0.05, 0.1) is 6.54 Å². The summed E-state index contributed by atoms with van der Waals surface area (Å²) >= 11 is 0. The van der Waals surface area contributed by atoms with Gasteiger partial charge in [-0.15, -0.1) is 0 Å². The Kier molecular flexibility index (Phi) is 6.37. The summed E-state index contributed by atoms with van der Waals surface area (Å²) in [4.78, 5) is 28.2. The van der Waals surface area contributed by atoms with Crippen LogP contribution < -0.4 is 5.32 Å². The highest BCUT2D eigenvalue weighted by Crippen LogP contribution is 2.13. The molecule has 0 atom stereocenters. The van der Waals surface area contributed by atoms with Gasteiger partial charge in [-0.05, 0) is 49.2 Å². The van der Waals surface area contributed by atoms with Gasteiger partial charge in [-0.1, -0.05) is 24.3 Å². The number of rotatable bonds is 6. The van der Waals surface area contributed by atoms with E-state index in [2.05, 4.69) is 46.3 Å². The van der Waals surface area contributed by atoms with Crippen molar-refractivity contribution in [3.8, 4) is 0 Å². The summed E-state index contributed by atoms with van der Waals surface area (Å²) < 4.78 is 0. The molecular weight excluding hydrogens is 338 g/mol. The molecule has 0 saturated carbocycles. The van der Waals surface area contributed by atoms with E-state index in [-0.39, 0.29) is 11.7 Å². The number of amides is 1. The second-order valence-electron chi connectivity index (χ2n) is 7.16. The van der Waals surface area contributed by atoms with Crippen LogP contribution in [-0.4, -0.2) is 54.2 Å². The van der Waals surface area contributed by atoms with E-state index >= 15 is 0 Å². The van der Waals surface area contributed by atoms with Crippen molar-refractivity contribution in [2.24, 2.45) is 0 Å². The lowest BCUT2D eigenvalue weighted by molar-refractivity contribution is -0.117. The summed E-state index contributed by atoms with van der Waals surface area (Å²) in [5.74, 6) is 0.00868. The fourth-order valence-corrected chi connectivity index (χ4v) is 3.33. The Bertz CT molecular complexity index is 793. The topological polar surface area (TPSA) is 52.7 Å². The van der Waals surface area contributed by atoms with E-state index in [9.17, 15) is 9.59 Å². The molecule has 1 N–H and O–H groups in total. The number of nitrogens with one attached hydrogen (secondary N) is 1. The molecule has 0 aromatic heterocycles. The Morgan fingerprint density at radius 3 is 2.19 bits per heavy atom. The second kappa shape index (κ2) is 8.93. The molecule has 0 radical (unpaired) electrons. The zero-order valence-electron chi connectivity index (χ0n) is 16.1. The molecular formula is C22H27N3O2. The van der Waals surface area contributed by atoms with Gasteiger partial charge in [0, 0.05) is 44.0 Å². The first kappa shape index (κ1) is 19.3. The normalized spacial score (nSPS) is 15.5. The maximum absolute atomic E-state index is 12.3. The van der Waals surface area contributed by atoms with Crippen LogP contribution in [0.25, 0.3) is 0 Å². The van der Waals surface area contributed by atoms with Crippen LogP contribution in [0, 0.1) is 6.92 Å². The third-order valence-electron chi connectivity index (χ3n) is 5.06. The molecule has 0 unspecified atom stereocenters. The first-order valence-corrected chi connectivity index (χ1v) is 9.41. The van der Waals surface area contributed by atoms with Crippen molar-refractivity contribution in [3.05, 3.63) is 65.2 Å². The summed E-state index contributed by atoms with van der Waals surface area (Å²) in [6.07, 6.45) is 0. The number of hydrogen-bond acceptors (Lipinski definition) is 4. The molecule has 2 aromatic rings. The number of hydrogen-bond donors (Lipinski definition) is 1. The Labute approximate surface area is 161 Å². The third kappa shape index (κ3) is 5.49. The van der Waals surface area contributed by atoms with E-state index in [1.165, 1.54) is 18.1 Å². The lowest BCUT2D eigenvalue weighted by atomic mass is 10.1. The van der Waals surface area contributed by atoms with Gasteiger partial charge in [-0.3, -0.25) is 19.4 Å². The summed E-state index contributed by atoms with van der Waals surface area (Å²) in [7, 11) is 0. The molecule has 1 saturated heterocycles. The molecule has 1 heterocycles. The highest BCUT2D eigenvalue weighted by Gasteiger charge is 2.19. The molecule has 1 aliphatic heterocycles. The van der Waals surface area contributed by atoms with Gasteiger partial charge >= 0.3 is 0 Å². The first-order chi connectivity index (χ1) is 13.0. The quantitative estimate of drug-likeness (QED) is 0.800. The van der Waals surface area contributed by atoms with E-state index in [4.69, 9.17) is 0 Å². The molecule has 0 bridgehead atoms. The van der Waals surface area contributed by atoms with Crippen LogP contribution >= 0.6 is 0 Å². The van der Waals surface area contributed by atoms with Gasteiger partial charge in [0.1, 0.15) is 0 Å². The standard InChI is InChI=1S/C22H27N3O2/c1-17-5-3-4-6-20(17)15-24-11-13-25(14-12-24)16-22(27)23-21-9-7-19(8-10-21)18(2)26/h3-10H,11-16H2,1-2H3,(H,23,27). The van der Waals surface area contributed by atoms with Crippen molar-refractivity contribution in [1.82, 2.24) is 9.80 Å². The first-order valence-electron chi connectivity index (χ1n) is 9.41. The van der Waals surface area contributed by atoms with E-state index < -0.39 is 0 Å². The molecule has 1 fully saturated rings. The number of carbonyl (C=O) groups excluding carboxylic acids is 2. The number of aryl methyl sites for hydroxylation is 1. The number of anilines is 1. The average Bonchev–Trinajstić information content (AvgIpc) is 2.65. The number of piperazine rings is 1. The zero-order valence-corrected chi connectivity index (χ0v) is 16.1. The molecule has 27 heavy (non-hydrogen) atoms. The maximum Gasteiger partial charge on any atom is 0.238 e. The molecule has 0 aliphatic carbocycles. The summed E-state index contributed by atoms with van der Waals surface area (Å²) in [6.45, 7) is 8.77. The van der Waals surface area contributed by atoms with Crippen LogP contribution in [0.5, 0.6) is 0 Å². The van der Waals surface area contributed by atoms with Gasteiger partial charge in [0.15, 0.2) is 5.78 Å². The Morgan fingerprint density at radius 1 is 0.926 bits per heavy atom. The van der Waals surface area contributed by atoms with Crippen LogP contribution in [0.3, 0.4) is 0 Å². The van der Waals surface area contributed by atoms with E-state index in [0.29, 0.717) is 12.1 Å². The van der Waals surface area contributed by atoms with Crippen molar-refractivity contribution in [1.29, 1.82) is 0 Å². The van der Waals surface area contributed by atoms with Crippen LogP contribution in [0.4, 0.5) is 5.69 Å². The molecule has 0 spiro atoms. The fraction of sp³-hybridized carbons (Fsp3) is 0.364. The Balaban J connectivity index is 1.44. The lowest BCUT2D eigenvalue weighted by Gasteiger charge is -2.34. The van der Waals surface area contributed by atoms with Gasteiger partial charge in [0.2, 0.25) is 5.91 Å². The number of nitrogens with zero attached hydrogens (tertiary/aromatic N) is 2. The SMILES string of the molecule is CC(=O)c1ccc(NC(=O)CN2CCN(Cc3ccccc3C)CC2)cc1. The molecule has 2 aromatic carbocycles. The van der Waals surface area contributed by atoms with Crippen LogP contribution in [0.1, 0.15) is 28.4 Å². The number of Topliss-reactive ketones (excluding diaryl/α,β-unsaturated/α-hetero) is 1. The fourth-order valence-electron chi connectivity index (χ4n) is 3.33. The predicted molar refractivity (Wildman–Crippen MR) is 108 cm³/mol. The van der Waals surface area contributed by atoms with E-state index in [0.717, 1.165) is 38.4 Å². The molecule has 3 rings (SSSR count). The molecule has 5 nitrogen and oxygen atoms in total. The molecule has 142 valence electrons. The summed E-state index contributed by atoms with van der Waals surface area (Å²) in [5, 5.41) is 2.91. The summed E-state index contributed by atoms with van der Waals surface area (Å²) in [6, 6.07) is 15.5. The van der Waals surface area contributed by atoms with Crippen molar-refractivity contribution in [3.63, 3.8) is 0 Å². The highest BCUT2D eigenvalue weighted by atomic mass is 16.2. The number of benzene rings is 2. The van der Waals surface area contributed by atoms with Gasteiger partial charge in [-0.2, -0.15) is 0 Å². The van der Waals surface area contributed by atoms with Crippen LogP contribution in [0.15, 0.2) is 48.5 Å². The van der Waals surface area contributed by atoms with Gasteiger partial charge in [-0.25, -0.2) is 0 Å². The van der Waals surface area contributed by atoms with Crippen LogP contribution in [-0.2, 0) is 11.3 Å². The average molecular weight is 365 g/mol. The van der Waals surface area contributed by atoms with E-state index in [1.807, 2.05) is 0 Å². The third-order valence-corrected chi connectivity index (χ3v) is 5.06. The lowest BCUT2D eigenvalue weighted by Crippen LogP contribution is -2.48. The van der Waals surface area contributed by atoms with Crippen molar-refractivity contribution in [2.75, 3.05) is 38.0 Å². The zero-order chi connectivity index (χ0) is 19.2. The predicted octanol–water partition coefficient (Wildman–Crippen LogP) is 2.95. The Morgan fingerprint density at radius 2 is 1.56 bits per heavy atom. The van der Waals surface area contributed by atoms with Crippen molar-refractivity contribution >= 4 is 17.4 Å².